The number of benzene rings is 1. The SMILES string of the molecule is CC(C)(CO)NC(=O)Cc1ccc([N+](=O)[O-])cc1. The van der Waals surface area contributed by atoms with Crippen LogP contribution in [0.25, 0.3) is 0 Å². The minimum Gasteiger partial charge on any atom is -0.394 e. The van der Waals surface area contributed by atoms with Crippen LogP contribution in [0.2, 0.25) is 0 Å². The van der Waals surface area contributed by atoms with Gasteiger partial charge in [0.05, 0.1) is 23.5 Å². The molecule has 1 aromatic rings. The van der Waals surface area contributed by atoms with Crippen molar-refractivity contribution in [1.82, 2.24) is 5.32 Å². The number of nitrogens with zero attached hydrogens (tertiary/aromatic N) is 1. The van der Waals surface area contributed by atoms with E-state index in [1.807, 2.05) is 0 Å². The van der Waals surface area contributed by atoms with Crippen molar-refractivity contribution in [2.24, 2.45) is 0 Å². The molecule has 0 radical (unpaired) electrons. The van der Waals surface area contributed by atoms with Gasteiger partial charge in [0.1, 0.15) is 0 Å². The first kappa shape index (κ1) is 14.1. The standard InChI is InChI=1S/C12H16N2O4/c1-12(2,8-15)13-11(16)7-9-3-5-10(6-4-9)14(17)18/h3-6,15H,7-8H2,1-2H3,(H,13,16). The van der Waals surface area contributed by atoms with Crippen LogP contribution in [0.15, 0.2) is 24.3 Å². The molecule has 0 aliphatic carbocycles. The zero-order chi connectivity index (χ0) is 13.8. The van der Waals surface area contributed by atoms with Gasteiger partial charge in [0.15, 0.2) is 0 Å². The molecule has 0 aliphatic rings. The highest BCUT2D eigenvalue weighted by atomic mass is 16.6. The highest BCUT2D eigenvalue weighted by Crippen LogP contribution is 2.12. The maximum atomic E-state index is 11.6. The fraction of sp³-hybridized carbons (Fsp3) is 0.417. The molecule has 0 bridgehead atoms. The third kappa shape index (κ3) is 4.14. The third-order valence-electron chi connectivity index (χ3n) is 2.38. The summed E-state index contributed by atoms with van der Waals surface area (Å²) in [5.41, 5.74) is 0.0133. The van der Waals surface area contributed by atoms with Crippen LogP contribution in [0.3, 0.4) is 0 Å². The lowest BCUT2D eigenvalue weighted by Gasteiger charge is -2.23. The second kappa shape index (κ2) is 5.59. The topological polar surface area (TPSA) is 92.5 Å². The predicted molar refractivity (Wildman–Crippen MR) is 66.1 cm³/mol. The molecule has 0 spiro atoms. The summed E-state index contributed by atoms with van der Waals surface area (Å²) < 4.78 is 0. The molecule has 1 aromatic carbocycles. The zero-order valence-corrected chi connectivity index (χ0v) is 10.3. The first-order valence-electron chi connectivity index (χ1n) is 5.49. The molecule has 0 unspecified atom stereocenters. The Hall–Kier alpha value is -1.95. The van der Waals surface area contributed by atoms with Gasteiger partial charge >= 0.3 is 0 Å². The number of nitrogens with one attached hydrogen (secondary N) is 1. The monoisotopic (exact) mass is 252 g/mol. The summed E-state index contributed by atoms with van der Waals surface area (Å²) in [6, 6.07) is 5.81. The number of nitro benzene ring substituents is 1. The van der Waals surface area contributed by atoms with Crippen LogP contribution in [-0.2, 0) is 11.2 Å². The minimum absolute atomic E-state index is 0.00477. The lowest BCUT2D eigenvalue weighted by Crippen LogP contribution is -2.46. The Labute approximate surface area is 105 Å². The molecule has 6 nitrogen and oxygen atoms in total. The van der Waals surface area contributed by atoms with Crippen LogP contribution in [0.4, 0.5) is 5.69 Å². The van der Waals surface area contributed by atoms with Crippen LogP contribution in [-0.4, -0.2) is 28.1 Å². The van der Waals surface area contributed by atoms with Crippen LogP contribution in [0.1, 0.15) is 19.4 Å². The molecular weight excluding hydrogens is 236 g/mol. The van der Waals surface area contributed by atoms with E-state index in [1.54, 1.807) is 26.0 Å². The first-order chi connectivity index (χ1) is 8.34. The Balaban J connectivity index is 2.63. The molecule has 0 fully saturated rings. The number of hydrogen-bond donors (Lipinski definition) is 2. The average Bonchev–Trinajstić information content (AvgIpc) is 2.29. The Morgan fingerprint density at radius 1 is 1.39 bits per heavy atom. The number of amides is 1. The Kier molecular flexibility index (Phi) is 4.38. The van der Waals surface area contributed by atoms with Crippen molar-refractivity contribution in [3.63, 3.8) is 0 Å². The van der Waals surface area contributed by atoms with Gasteiger partial charge in [0.25, 0.3) is 5.69 Å². The van der Waals surface area contributed by atoms with Gasteiger partial charge in [0.2, 0.25) is 5.91 Å². The highest BCUT2D eigenvalue weighted by Gasteiger charge is 2.19. The molecule has 2 N–H and O–H groups in total. The molecule has 1 amide bonds. The lowest BCUT2D eigenvalue weighted by atomic mass is 10.1. The Morgan fingerprint density at radius 3 is 2.39 bits per heavy atom. The predicted octanol–water partition coefficient (Wildman–Crippen LogP) is 1.02. The molecule has 6 heteroatoms. The molecule has 0 heterocycles. The van der Waals surface area contributed by atoms with Crippen molar-refractivity contribution in [2.75, 3.05) is 6.61 Å². The van der Waals surface area contributed by atoms with Gasteiger partial charge in [-0.05, 0) is 19.4 Å². The number of carbonyl (C=O) groups is 1. The summed E-state index contributed by atoms with van der Waals surface area (Å²) >= 11 is 0. The smallest absolute Gasteiger partial charge is 0.269 e. The molecule has 18 heavy (non-hydrogen) atoms. The van der Waals surface area contributed by atoms with Gasteiger partial charge in [-0.15, -0.1) is 0 Å². The number of rotatable bonds is 5. The molecule has 0 saturated carbocycles. The van der Waals surface area contributed by atoms with Gasteiger partial charge in [-0.1, -0.05) is 12.1 Å². The van der Waals surface area contributed by atoms with Gasteiger partial charge in [-0.3, -0.25) is 14.9 Å². The summed E-state index contributed by atoms with van der Waals surface area (Å²) in [5, 5.41) is 22.1. The van der Waals surface area contributed by atoms with Crippen LogP contribution < -0.4 is 5.32 Å². The summed E-state index contributed by atoms with van der Waals surface area (Å²) in [5.74, 6) is -0.233. The van der Waals surface area contributed by atoms with E-state index in [4.69, 9.17) is 5.11 Å². The van der Waals surface area contributed by atoms with Crippen molar-refractivity contribution in [1.29, 1.82) is 0 Å². The second-order valence-electron chi connectivity index (χ2n) is 4.69. The van der Waals surface area contributed by atoms with Crippen molar-refractivity contribution in [2.45, 2.75) is 25.8 Å². The molecule has 0 atom stereocenters. The van der Waals surface area contributed by atoms with E-state index >= 15 is 0 Å². The molecule has 0 saturated heterocycles. The van der Waals surface area contributed by atoms with E-state index in [9.17, 15) is 14.9 Å². The molecule has 0 aromatic heterocycles. The molecule has 0 aliphatic heterocycles. The number of nitro groups is 1. The van der Waals surface area contributed by atoms with Crippen LogP contribution >= 0.6 is 0 Å². The van der Waals surface area contributed by atoms with E-state index in [2.05, 4.69) is 5.32 Å². The summed E-state index contributed by atoms with van der Waals surface area (Å²) in [6.07, 6.45) is 0.126. The van der Waals surface area contributed by atoms with Gasteiger partial charge in [-0.25, -0.2) is 0 Å². The first-order valence-corrected chi connectivity index (χ1v) is 5.49. The van der Waals surface area contributed by atoms with Crippen molar-refractivity contribution in [3.8, 4) is 0 Å². The van der Waals surface area contributed by atoms with E-state index in [0.717, 1.165) is 0 Å². The Morgan fingerprint density at radius 2 is 1.94 bits per heavy atom. The van der Waals surface area contributed by atoms with Gasteiger partial charge in [0, 0.05) is 12.1 Å². The van der Waals surface area contributed by atoms with Crippen molar-refractivity contribution in [3.05, 3.63) is 39.9 Å². The normalized spacial score (nSPS) is 11.1. The maximum Gasteiger partial charge on any atom is 0.269 e. The van der Waals surface area contributed by atoms with Crippen LogP contribution in [0.5, 0.6) is 0 Å². The summed E-state index contributed by atoms with van der Waals surface area (Å²) in [6.45, 7) is 3.26. The third-order valence-corrected chi connectivity index (χ3v) is 2.38. The maximum absolute atomic E-state index is 11.6. The zero-order valence-electron chi connectivity index (χ0n) is 10.3. The fourth-order valence-electron chi connectivity index (χ4n) is 1.38. The lowest BCUT2D eigenvalue weighted by molar-refractivity contribution is -0.384. The minimum atomic E-state index is -0.669. The summed E-state index contributed by atoms with van der Waals surface area (Å²) in [7, 11) is 0. The summed E-state index contributed by atoms with van der Waals surface area (Å²) in [4.78, 5) is 21.6. The number of hydrogen-bond acceptors (Lipinski definition) is 4. The molecule has 98 valence electrons. The van der Waals surface area contributed by atoms with E-state index in [1.165, 1.54) is 12.1 Å². The average molecular weight is 252 g/mol. The highest BCUT2D eigenvalue weighted by molar-refractivity contribution is 5.79. The van der Waals surface area contributed by atoms with Gasteiger partial charge < -0.3 is 10.4 Å². The molecule has 1 rings (SSSR count). The quantitative estimate of drug-likeness (QED) is 0.604. The Bertz CT molecular complexity index is 440. The number of aliphatic hydroxyl groups excluding tert-OH is 1. The number of carbonyl (C=O) groups excluding carboxylic acids is 1. The van der Waals surface area contributed by atoms with Crippen molar-refractivity contribution < 1.29 is 14.8 Å². The van der Waals surface area contributed by atoms with Crippen LogP contribution in [0, 0.1) is 10.1 Å². The second-order valence-corrected chi connectivity index (χ2v) is 4.69. The van der Waals surface area contributed by atoms with E-state index < -0.39 is 10.5 Å². The number of non-ortho nitro benzene ring substituents is 1. The fourth-order valence-corrected chi connectivity index (χ4v) is 1.38. The van der Waals surface area contributed by atoms with Gasteiger partial charge in [-0.2, -0.15) is 0 Å². The largest absolute Gasteiger partial charge is 0.394 e. The van der Waals surface area contributed by atoms with Crippen molar-refractivity contribution >= 4 is 11.6 Å². The molecular formula is C12H16N2O4. The van der Waals surface area contributed by atoms with E-state index in [-0.39, 0.29) is 24.6 Å². The van der Waals surface area contributed by atoms with E-state index in [0.29, 0.717) is 5.56 Å². The number of aliphatic hydroxyl groups is 1.